The molecule has 0 aromatic heterocycles. The highest BCUT2D eigenvalue weighted by molar-refractivity contribution is 7.89. The Hall–Kier alpha value is -1.64. The van der Waals surface area contributed by atoms with E-state index in [0.717, 1.165) is 5.56 Å². The molecule has 1 aromatic carbocycles. The monoisotopic (exact) mass is 337 g/mol. The van der Waals surface area contributed by atoms with E-state index in [2.05, 4.69) is 10.0 Å². The second kappa shape index (κ2) is 5.77. The number of sulfonamides is 1. The zero-order valence-electron chi connectivity index (χ0n) is 12.9. The van der Waals surface area contributed by atoms with Crippen molar-refractivity contribution in [3.05, 3.63) is 45.5 Å². The number of fused-ring (bicyclic) bond motifs is 2. The summed E-state index contributed by atoms with van der Waals surface area (Å²) in [4.78, 5) is 3.03. The molecule has 0 N–H and O–H groups in total. The van der Waals surface area contributed by atoms with Crippen molar-refractivity contribution in [2.75, 3.05) is 26.2 Å². The van der Waals surface area contributed by atoms with Crippen LogP contribution in [0, 0.1) is 12.1 Å². The van der Waals surface area contributed by atoms with Crippen molar-refractivity contribution in [1.29, 1.82) is 0 Å². The van der Waals surface area contributed by atoms with E-state index < -0.39 is 26.8 Å². The van der Waals surface area contributed by atoms with Gasteiger partial charge in [-0.1, -0.05) is 22.8 Å². The first-order valence-electron chi connectivity index (χ1n) is 7.56. The number of azide groups is 1. The third-order valence-electron chi connectivity index (χ3n) is 4.72. The summed E-state index contributed by atoms with van der Waals surface area (Å²) in [6.45, 7) is 2.80. The molecule has 124 valence electrons. The van der Waals surface area contributed by atoms with Crippen LogP contribution in [0.3, 0.4) is 0 Å². The number of piperidine rings is 1. The molecule has 0 amide bonds. The van der Waals surface area contributed by atoms with Gasteiger partial charge in [0.25, 0.3) is 0 Å². The quantitative estimate of drug-likeness (QED) is 0.275. The van der Waals surface area contributed by atoms with Crippen molar-refractivity contribution in [3.63, 3.8) is 0 Å². The third-order valence-corrected chi connectivity index (χ3v) is 6.66. The first-order chi connectivity index (χ1) is 10.9. The number of hydroxylamine groups is 3. The molecular weight excluding hydrogens is 318 g/mol. The molecule has 0 aliphatic carbocycles. The van der Waals surface area contributed by atoms with Gasteiger partial charge in [-0.2, -0.15) is 4.31 Å². The molecule has 0 unspecified atom stereocenters. The summed E-state index contributed by atoms with van der Waals surface area (Å²) in [5.41, 5.74) is 9.70. The van der Waals surface area contributed by atoms with Gasteiger partial charge in [0.1, 0.15) is 0 Å². The molecule has 9 heteroatoms. The highest BCUT2D eigenvalue weighted by Gasteiger charge is 2.47. The summed E-state index contributed by atoms with van der Waals surface area (Å²) < 4.78 is 26.8. The Labute approximate surface area is 135 Å². The zero-order chi connectivity index (χ0) is 16.7. The predicted octanol–water partition coefficient (Wildman–Crippen LogP) is 1.77. The van der Waals surface area contributed by atoms with Crippen LogP contribution >= 0.6 is 0 Å². The van der Waals surface area contributed by atoms with E-state index >= 15 is 0 Å². The molecule has 2 fully saturated rings. The standard InChI is InChI=1S/C14H19N5O3S/c1-11-2-4-12(5-3-11)23(21,22)18-7-9-19(20)8-6-13(16-17-15)14(18)10-19/h2-5,13-14H,6-10H2,1H3/t13-,14-,19-/m1/s1. The number of aryl methyl sites for hydroxylation is 1. The summed E-state index contributed by atoms with van der Waals surface area (Å²) in [7, 11) is -3.71. The number of hydrogen-bond acceptors (Lipinski definition) is 4. The predicted molar refractivity (Wildman–Crippen MR) is 84.6 cm³/mol. The maximum absolute atomic E-state index is 12.9. The summed E-state index contributed by atoms with van der Waals surface area (Å²) in [6.07, 6.45) is 0.415. The Morgan fingerprint density at radius 1 is 1.35 bits per heavy atom. The number of hydrogen-bond donors (Lipinski definition) is 0. The van der Waals surface area contributed by atoms with Crippen LogP contribution in [0.4, 0.5) is 0 Å². The number of piperazine rings is 1. The zero-order valence-corrected chi connectivity index (χ0v) is 13.7. The van der Waals surface area contributed by atoms with Crippen molar-refractivity contribution in [2.45, 2.75) is 30.3 Å². The van der Waals surface area contributed by atoms with Gasteiger partial charge in [0.15, 0.2) is 0 Å². The largest absolute Gasteiger partial charge is 0.633 e. The molecule has 23 heavy (non-hydrogen) atoms. The van der Waals surface area contributed by atoms with Gasteiger partial charge in [-0.15, -0.1) is 0 Å². The fraction of sp³-hybridized carbons (Fsp3) is 0.571. The minimum atomic E-state index is -3.71. The lowest BCUT2D eigenvalue weighted by molar-refractivity contribution is -0.893. The van der Waals surface area contributed by atoms with E-state index in [1.165, 1.54) is 4.31 Å². The van der Waals surface area contributed by atoms with Crippen molar-refractivity contribution in [3.8, 4) is 0 Å². The number of benzene rings is 1. The van der Waals surface area contributed by atoms with E-state index in [1.54, 1.807) is 24.3 Å². The van der Waals surface area contributed by atoms with Crippen molar-refractivity contribution < 1.29 is 13.1 Å². The average Bonchev–Trinajstić information content (AvgIpc) is 2.51. The summed E-state index contributed by atoms with van der Waals surface area (Å²) >= 11 is 0. The van der Waals surface area contributed by atoms with Gasteiger partial charge in [0.05, 0.1) is 43.2 Å². The topological polar surface area (TPSA) is 109 Å². The molecule has 1 aromatic rings. The van der Waals surface area contributed by atoms with Crippen LogP contribution in [0.5, 0.6) is 0 Å². The van der Waals surface area contributed by atoms with E-state index in [4.69, 9.17) is 5.53 Å². The minimum absolute atomic E-state index is 0.148. The molecule has 0 spiro atoms. The Morgan fingerprint density at radius 3 is 2.70 bits per heavy atom. The van der Waals surface area contributed by atoms with Gasteiger partial charge < -0.3 is 9.85 Å². The van der Waals surface area contributed by atoms with Crippen LogP contribution in [0.15, 0.2) is 34.3 Å². The lowest BCUT2D eigenvalue weighted by atomic mass is 9.97. The summed E-state index contributed by atoms with van der Waals surface area (Å²) in [5.74, 6) is 0. The van der Waals surface area contributed by atoms with Crippen molar-refractivity contribution in [2.24, 2.45) is 5.11 Å². The van der Waals surface area contributed by atoms with Gasteiger partial charge >= 0.3 is 0 Å². The number of quaternary nitrogens is 1. The Morgan fingerprint density at radius 2 is 2.04 bits per heavy atom. The van der Waals surface area contributed by atoms with Gasteiger partial charge in [-0.3, -0.25) is 0 Å². The smallest absolute Gasteiger partial charge is 0.243 e. The average molecular weight is 337 g/mol. The van der Waals surface area contributed by atoms with Crippen molar-refractivity contribution in [1.82, 2.24) is 4.31 Å². The van der Waals surface area contributed by atoms with E-state index in [0.29, 0.717) is 13.0 Å². The third kappa shape index (κ3) is 2.93. The molecule has 2 saturated heterocycles. The normalized spacial score (nSPS) is 31.4. The lowest BCUT2D eigenvalue weighted by Crippen LogP contribution is -2.68. The molecule has 3 rings (SSSR count). The Bertz CT molecular complexity index is 744. The van der Waals surface area contributed by atoms with E-state index in [-0.39, 0.29) is 24.5 Å². The number of nitrogens with zero attached hydrogens (tertiary/aromatic N) is 5. The highest BCUT2D eigenvalue weighted by atomic mass is 32.2. The molecule has 2 heterocycles. The first-order valence-corrected chi connectivity index (χ1v) is 9.00. The SMILES string of the molecule is Cc1ccc(S(=O)(=O)N2CC[N@+]3([O-])CC[C@@H](N=[N+]=[N-])[C@H]2C3)cc1. The van der Waals surface area contributed by atoms with Gasteiger partial charge in [-0.05, 0) is 24.6 Å². The minimum Gasteiger partial charge on any atom is -0.633 e. The second-order valence-electron chi connectivity index (χ2n) is 6.24. The van der Waals surface area contributed by atoms with Gasteiger partial charge in [0, 0.05) is 11.3 Å². The molecule has 2 aliphatic rings. The van der Waals surface area contributed by atoms with Crippen LogP contribution < -0.4 is 0 Å². The maximum Gasteiger partial charge on any atom is 0.243 e. The van der Waals surface area contributed by atoms with Gasteiger partial charge in [0.2, 0.25) is 10.0 Å². The summed E-state index contributed by atoms with van der Waals surface area (Å²) in [6, 6.07) is 5.58. The van der Waals surface area contributed by atoms with Crippen LogP contribution in [0.2, 0.25) is 0 Å². The second-order valence-corrected chi connectivity index (χ2v) is 8.14. The molecule has 3 atom stereocenters. The van der Waals surface area contributed by atoms with Crippen LogP contribution in [0.25, 0.3) is 10.4 Å². The van der Waals surface area contributed by atoms with Gasteiger partial charge in [-0.25, -0.2) is 8.42 Å². The maximum atomic E-state index is 12.9. The molecule has 2 bridgehead atoms. The molecule has 8 nitrogen and oxygen atoms in total. The summed E-state index contributed by atoms with van der Waals surface area (Å²) in [5, 5.41) is 16.3. The fourth-order valence-electron chi connectivity index (χ4n) is 3.39. The van der Waals surface area contributed by atoms with E-state index in [9.17, 15) is 13.6 Å². The van der Waals surface area contributed by atoms with Crippen molar-refractivity contribution >= 4 is 10.0 Å². The fourth-order valence-corrected chi connectivity index (χ4v) is 5.03. The first kappa shape index (κ1) is 16.2. The lowest BCUT2D eigenvalue weighted by Gasteiger charge is -2.55. The molecule has 0 radical (unpaired) electrons. The number of rotatable bonds is 3. The van der Waals surface area contributed by atoms with Crippen LogP contribution in [-0.2, 0) is 10.0 Å². The molecule has 0 saturated carbocycles. The highest BCUT2D eigenvalue weighted by Crippen LogP contribution is 2.32. The van der Waals surface area contributed by atoms with Crippen LogP contribution in [-0.4, -0.2) is 55.6 Å². The van der Waals surface area contributed by atoms with E-state index in [1.807, 2.05) is 6.92 Å². The Kier molecular flexibility index (Phi) is 4.07. The molecular formula is C14H19N5O3S. The molecule has 2 aliphatic heterocycles. The van der Waals surface area contributed by atoms with Crippen LogP contribution in [0.1, 0.15) is 12.0 Å². The Balaban J connectivity index is 1.97.